The lowest BCUT2D eigenvalue weighted by Gasteiger charge is -2.18. The molecule has 1 aromatic rings. The molecule has 0 aliphatic carbocycles. The molecule has 1 aromatic carbocycles. The quantitative estimate of drug-likeness (QED) is 0.834. The highest BCUT2D eigenvalue weighted by molar-refractivity contribution is 5.79. The molecule has 0 heterocycles. The molecule has 1 rings (SSSR count). The molecule has 0 aromatic heterocycles. The van der Waals surface area contributed by atoms with Crippen molar-refractivity contribution in [1.82, 2.24) is 10.6 Å². The summed E-state index contributed by atoms with van der Waals surface area (Å²) >= 11 is 0. The van der Waals surface area contributed by atoms with Crippen LogP contribution < -0.4 is 10.6 Å². The Bertz CT molecular complexity index is 402. The van der Waals surface area contributed by atoms with Crippen molar-refractivity contribution in [3.8, 4) is 0 Å². The lowest BCUT2D eigenvalue weighted by molar-refractivity contribution is -0.123. The number of amides is 2. The number of hydrogen-bond donors (Lipinski definition) is 2. The van der Waals surface area contributed by atoms with E-state index < -0.39 is 0 Å². The van der Waals surface area contributed by atoms with Gasteiger partial charge in [-0.25, -0.2) is 0 Å². The van der Waals surface area contributed by atoms with E-state index in [0.717, 1.165) is 5.56 Å². The molecule has 0 spiro atoms. The van der Waals surface area contributed by atoms with Crippen LogP contribution in [-0.4, -0.2) is 17.9 Å². The summed E-state index contributed by atoms with van der Waals surface area (Å²) in [5.41, 5.74) is 0.937. The zero-order valence-corrected chi connectivity index (χ0v) is 11.1. The number of benzene rings is 1. The van der Waals surface area contributed by atoms with Crippen molar-refractivity contribution >= 4 is 11.8 Å². The van der Waals surface area contributed by atoms with Crippen molar-refractivity contribution < 1.29 is 9.59 Å². The van der Waals surface area contributed by atoms with Crippen LogP contribution in [0.5, 0.6) is 0 Å². The van der Waals surface area contributed by atoms with Crippen molar-refractivity contribution in [3.63, 3.8) is 0 Å². The summed E-state index contributed by atoms with van der Waals surface area (Å²) in [6, 6.07) is 9.33. The topological polar surface area (TPSA) is 58.2 Å². The van der Waals surface area contributed by atoms with E-state index >= 15 is 0 Å². The van der Waals surface area contributed by atoms with Gasteiger partial charge in [-0.2, -0.15) is 0 Å². The van der Waals surface area contributed by atoms with Crippen molar-refractivity contribution in [2.45, 2.75) is 39.3 Å². The fourth-order valence-corrected chi connectivity index (χ4v) is 1.75. The first-order valence-corrected chi connectivity index (χ1v) is 6.10. The Balaban J connectivity index is 2.73. The van der Waals surface area contributed by atoms with Gasteiger partial charge < -0.3 is 10.6 Å². The van der Waals surface area contributed by atoms with Gasteiger partial charge in [0.1, 0.15) is 0 Å². The summed E-state index contributed by atoms with van der Waals surface area (Å²) in [6.45, 7) is 5.28. The second-order valence-corrected chi connectivity index (χ2v) is 4.59. The Labute approximate surface area is 108 Å². The maximum atomic E-state index is 11.8. The van der Waals surface area contributed by atoms with Crippen molar-refractivity contribution in [1.29, 1.82) is 0 Å². The average molecular weight is 248 g/mol. The molecule has 2 amide bonds. The van der Waals surface area contributed by atoms with Gasteiger partial charge in [0.05, 0.1) is 12.5 Å². The van der Waals surface area contributed by atoms with Crippen LogP contribution in [0.4, 0.5) is 0 Å². The Hall–Kier alpha value is -1.84. The molecule has 4 nitrogen and oxygen atoms in total. The molecule has 4 heteroatoms. The highest BCUT2D eigenvalue weighted by Crippen LogP contribution is 2.16. The van der Waals surface area contributed by atoms with Crippen molar-refractivity contribution in [2.24, 2.45) is 0 Å². The van der Waals surface area contributed by atoms with Crippen LogP contribution in [0, 0.1) is 0 Å². The molecule has 2 N–H and O–H groups in total. The van der Waals surface area contributed by atoms with E-state index in [1.807, 2.05) is 44.2 Å². The second kappa shape index (κ2) is 6.79. The Morgan fingerprint density at radius 2 is 1.72 bits per heavy atom. The first-order chi connectivity index (χ1) is 8.49. The summed E-state index contributed by atoms with van der Waals surface area (Å²) in [5.74, 6) is -0.200. The van der Waals surface area contributed by atoms with Gasteiger partial charge in [-0.1, -0.05) is 30.3 Å². The molecule has 0 aliphatic heterocycles. The monoisotopic (exact) mass is 248 g/mol. The lowest BCUT2D eigenvalue weighted by atomic mass is 10.0. The number of carbonyl (C=O) groups is 2. The number of nitrogens with one attached hydrogen (secondary N) is 2. The molecule has 0 aliphatic rings. The van der Waals surface area contributed by atoms with E-state index in [1.165, 1.54) is 6.92 Å². The van der Waals surface area contributed by atoms with Crippen molar-refractivity contribution in [2.75, 3.05) is 0 Å². The van der Waals surface area contributed by atoms with Crippen LogP contribution in [-0.2, 0) is 9.59 Å². The minimum Gasteiger partial charge on any atom is -0.354 e. The van der Waals surface area contributed by atoms with Gasteiger partial charge in [-0.05, 0) is 19.4 Å². The van der Waals surface area contributed by atoms with Gasteiger partial charge in [0.2, 0.25) is 11.8 Å². The van der Waals surface area contributed by atoms with Gasteiger partial charge in [0.15, 0.2) is 0 Å². The van der Waals surface area contributed by atoms with E-state index in [2.05, 4.69) is 10.6 Å². The molecule has 1 unspecified atom stereocenters. The van der Waals surface area contributed by atoms with E-state index in [4.69, 9.17) is 0 Å². The maximum Gasteiger partial charge on any atom is 0.222 e. The minimum atomic E-state index is -0.276. The van der Waals surface area contributed by atoms with Crippen molar-refractivity contribution in [3.05, 3.63) is 35.9 Å². The Morgan fingerprint density at radius 3 is 2.22 bits per heavy atom. The zero-order chi connectivity index (χ0) is 13.5. The third-order valence-corrected chi connectivity index (χ3v) is 2.42. The zero-order valence-electron chi connectivity index (χ0n) is 11.1. The third kappa shape index (κ3) is 4.99. The van der Waals surface area contributed by atoms with Crippen LogP contribution in [0.1, 0.15) is 38.8 Å². The van der Waals surface area contributed by atoms with Crippen LogP contribution >= 0.6 is 0 Å². The summed E-state index contributed by atoms with van der Waals surface area (Å²) in [5, 5.41) is 5.63. The van der Waals surface area contributed by atoms with Gasteiger partial charge in [0, 0.05) is 13.0 Å². The fraction of sp³-hybridized carbons (Fsp3) is 0.429. The van der Waals surface area contributed by atoms with E-state index in [-0.39, 0.29) is 30.3 Å². The van der Waals surface area contributed by atoms with Crippen LogP contribution in [0.2, 0.25) is 0 Å². The summed E-state index contributed by atoms with van der Waals surface area (Å²) < 4.78 is 0. The molecule has 0 bridgehead atoms. The van der Waals surface area contributed by atoms with Gasteiger partial charge in [0.25, 0.3) is 0 Å². The number of carbonyl (C=O) groups excluding carboxylic acids is 2. The molecule has 1 atom stereocenters. The van der Waals surface area contributed by atoms with Crippen LogP contribution in [0.25, 0.3) is 0 Å². The fourth-order valence-electron chi connectivity index (χ4n) is 1.75. The van der Waals surface area contributed by atoms with E-state index in [1.54, 1.807) is 0 Å². The van der Waals surface area contributed by atoms with Gasteiger partial charge in [-0.3, -0.25) is 9.59 Å². The first kappa shape index (κ1) is 14.2. The third-order valence-electron chi connectivity index (χ3n) is 2.42. The molecule has 98 valence electrons. The minimum absolute atomic E-state index is 0.0624. The molecule has 0 radical (unpaired) electrons. The normalized spacial score (nSPS) is 12.0. The summed E-state index contributed by atoms with van der Waals surface area (Å²) in [4.78, 5) is 22.9. The maximum absolute atomic E-state index is 11.8. The van der Waals surface area contributed by atoms with E-state index in [9.17, 15) is 9.59 Å². The molecule has 0 fully saturated rings. The molecule has 18 heavy (non-hydrogen) atoms. The smallest absolute Gasteiger partial charge is 0.222 e. The predicted molar refractivity (Wildman–Crippen MR) is 70.9 cm³/mol. The SMILES string of the molecule is CC(=O)NC(CC(=O)NC(C)C)c1ccccc1. The Kier molecular flexibility index (Phi) is 5.36. The van der Waals surface area contributed by atoms with Gasteiger partial charge >= 0.3 is 0 Å². The predicted octanol–water partition coefficient (Wildman–Crippen LogP) is 1.78. The Morgan fingerprint density at radius 1 is 1.11 bits per heavy atom. The molecule has 0 saturated carbocycles. The highest BCUT2D eigenvalue weighted by atomic mass is 16.2. The van der Waals surface area contributed by atoms with Crippen LogP contribution in [0.3, 0.4) is 0 Å². The first-order valence-electron chi connectivity index (χ1n) is 6.10. The van der Waals surface area contributed by atoms with Gasteiger partial charge in [-0.15, -0.1) is 0 Å². The summed E-state index contributed by atoms with van der Waals surface area (Å²) in [6.07, 6.45) is 0.252. The number of rotatable bonds is 5. The summed E-state index contributed by atoms with van der Waals surface area (Å²) in [7, 11) is 0. The second-order valence-electron chi connectivity index (χ2n) is 4.59. The number of hydrogen-bond acceptors (Lipinski definition) is 2. The van der Waals surface area contributed by atoms with Crippen LogP contribution in [0.15, 0.2) is 30.3 Å². The standard InChI is InChI=1S/C14H20N2O2/c1-10(2)15-14(18)9-13(16-11(3)17)12-7-5-4-6-8-12/h4-8,10,13H,9H2,1-3H3,(H,15,18)(H,16,17). The largest absolute Gasteiger partial charge is 0.354 e. The lowest BCUT2D eigenvalue weighted by Crippen LogP contribution is -2.35. The highest BCUT2D eigenvalue weighted by Gasteiger charge is 2.17. The molecule has 0 saturated heterocycles. The average Bonchev–Trinajstić information content (AvgIpc) is 2.27. The molecular formula is C14H20N2O2. The van der Waals surface area contributed by atoms with E-state index in [0.29, 0.717) is 0 Å². The molecular weight excluding hydrogens is 228 g/mol.